The normalized spacial score (nSPS) is 9.57. The van der Waals surface area contributed by atoms with Gasteiger partial charge in [0.05, 0.1) is 0 Å². The molecule has 0 atom stereocenters. The Kier molecular flexibility index (Phi) is 3.36. The van der Waals surface area contributed by atoms with Crippen molar-refractivity contribution in [2.75, 3.05) is 6.61 Å². The van der Waals surface area contributed by atoms with Gasteiger partial charge in [0.25, 0.3) is 0 Å². The first kappa shape index (κ1) is 10.4. The summed E-state index contributed by atoms with van der Waals surface area (Å²) in [5.74, 6) is -0.391. The van der Waals surface area contributed by atoms with Crippen molar-refractivity contribution in [1.29, 1.82) is 0 Å². The van der Waals surface area contributed by atoms with E-state index in [1.54, 1.807) is 0 Å². The minimum absolute atomic E-state index is 0.362. The molecular weight excluding hydrogens is 184 g/mol. The van der Waals surface area contributed by atoms with Crippen LogP contribution in [0.3, 0.4) is 0 Å². The Morgan fingerprint density at radius 2 is 1.86 bits per heavy atom. The summed E-state index contributed by atoms with van der Waals surface area (Å²) in [5, 5.41) is 8.57. The number of Topliss-reactive ketones (excluding diaryl/α,β-unsaturated/α-hetero) is 1. The van der Waals surface area contributed by atoms with Gasteiger partial charge < -0.3 is 9.84 Å². The standard InChI is InChI=1S/C10H10O4/c1-7(12)14-9-4-2-8(3-5-9)10(13)6-11/h2-5,11H,6H2,1H3. The van der Waals surface area contributed by atoms with Crippen LogP contribution in [0.1, 0.15) is 17.3 Å². The second kappa shape index (κ2) is 4.53. The zero-order valence-electron chi connectivity index (χ0n) is 7.69. The SMILES string of the molecule is CC(=O)Oc1ccc(C(=O)CO)cc1. The molecule has 0 aliphatic carbocycles. The van der Waals surface area contributed by atoms with Crippen LogP contribution >= 0.6 is 0 Å². The van der Waals surface area contributed by atoms with Crippen LogP contribution in [0.4, 0.5) is 0 Å². The average Bonchev–Trinajstić information content (AvgIpc) is 2.17. The Labute approximate surface area is 81.1 Å². The number of hydrogen-bond acceptors (Lipinski definition) is 4. The molecule has 74 valence electrons. The van der Waals surface area contributed by atoms with E-state index in [4.69, 9.17) is 9.84 Å². The highest BCUT2D eigenvalue weighted by Crippen LogP contribution is 2.12. The van der Waals surface area contributed by atoms with Crippen molar-refractivity contribution in [2.24, 2.45) is 0 Å². The molecule has 14 heavy (non-hydrogen) atoms. The van der Waals surface area contributed by atoms with Gasteiger partial charge in [0.15, 0.2) is 5.78 Å². The molecule has 0 heterocycles. The molecule has 1 aromatic carbocycles. The fourth-order valence-corrected chi connectivity index (χ4v) is 0.966. The molecule has 0 aromatic heterocycles. The van der Waals surface area contributed by atoms with E-state index in [9.17, 15) is 9.59 Å². The molecule has 1 rings (SSSR count). The molecule has 1 aromatic rings. The number of aliphatic hydroxyl groups is 1. The molecule has 0 bridgehead atoms. The summed E-state index contributed by atoms with van der Waals surface area (Å²) in [6.07, 6.45) is 0. The zero-order chi connectivity index (χ0) is 10.6. The average molecular weight is 194 g/mol. The molecule has 0 unspecified atom stereocenters. The third-order valence-corrected chi connectivity index (χ3v) is 1.58. The van der Waals surface area contributed by atoms with Crippen LogP contribution in [0.5, 0.6) is 5.75 Å². The Bertz CT molecular complexity index is 340. The summed E-state index contributed by atoms with van der Waals surface area (Å²) in [5.41, 5.74) is 0.392. The van der Waals surface area contributed by atoms with E-state index in [0.717, 1.165) is 0 Å². The molecule has 0 saturated heterocycles. The van der Waals surface area contributed by atoms with Gasteiger partial charge in [-0.05, 0) is 24.3 Å². The number of carbonyl (C=O) groups is 2. The van der Waals surface area contributed by atoms with Crippen molar-refractivity contribution in [1.82, 2.24) is 0 Å². The van der Waals surface area contributed by atoms with Crippen LogP contribution < -0.4 is 4.74 Å². The maximum Gasteiger partial charge on any atom is 0.308 e. The number of hydrogen-bond donors (Lipinski definition) is 1. The number of benzene rings is 1. The Morgan fingerprint density at radius 3 is 2.29 bits per heavy atom. The van der Waals surface area contributed by atoms with Crippen LogP contribution in [-0.4, -0.2) is 23.5 Å². The summed E-state index contributed by atoms with van der Waals surface area (Å²) in [6.45, 7) is 0.777. The monoisotopic (exact) mass is 194 g/mol. The van der Waals surface area contributed by atoms with E-state index in [1.807, 2.05) is 0 Å². The van der Waals surface area contributed by atoms with E-state index in [-0.39, 0.29) is 5.78 Å². The van der Waals surface area contributed by atoms with Gasteiger partial charge in [-0.2, -0.15) is 0 Å². The lowest BCUT2D eigenvalue weighted by Crippen LogP contribution is -2.05. The van der Waals surface area contributed by atoms with Crippen LogP contribution in [-0.2, 0) is 4.79 Å². The lowest BCUT2D eigenvalue weighted by molar-refractivity contribution is -0.131. The second-order valence-corrected chi connectivity index (χ2v) is 2.70. The van der Waals surface area contributed by atoms with Gasteiger partial charge in [0, 0.05) is 12.5 Å². The van der Waals surface area contributed by atoms with Crippen molar-refractivity contribution < 1.29 is 19.4 Å². The van der Waals surface area contributed by atoms with Crippen molar-refractivity contribution in [3.05, 3.63) is 29.8 Å². The lowest BCUT2D eigenvalue weighted by atomic mass is 10.1. The van der Waals surface area contributed by atoms with Crippen LogP contribution in [0.25, 0.3) is 0 Å². The molecule has 0 aliphatic rings. The van der Waals surface area contributed by atoms with Gasteiger partial charge in [0.2, 0.25) is 0 Å². The smallest absolute Gasteiger partial charge is 0.308 e. The van der Waals surface area contributed by atoms with E-state index in [2.05, 4.69) is 0 Å². The summed E-state index contributed by atoms with van der Waals surface area (Å²) >= 11 is 0. The first-order chi connectivity index (χ1) is 6.63. The van der Waals surface area contributed by atoms with Crippen LogP contribution in [0.15, 0.2) is 24.3 Å². The topological polar surface area (TPSA) is 63.6 Å². The predicted octanol–water partition coefficient (Wildman–Crippen LogP) is 0.787. The fraction of sp³-hybridized carbons (Fsp3) is 0.200. The van der Waals surface area contributed by atoms with Crippen molar-refractivity contribution >= 4 is 11.8 Å². The molecule has 0 amide bonds. The van der Waals surface area contributed by atoms with Gasteiger partial charge >= 0.3 is 5.97 Å². The number of ketones is 1. The molecule has 1 N–H and O–H groups in total. The van der Waals surface area contributed by atoms with E-state index >= 15 is 0 Å². The summed E-state index contributed by atoms with van der Waals surface area (Å²) in [6, 6.07) is 6.00. The van der Waals surface area contributed by atoms with Gasteiger partial charge in [0.1, 0.15) is 12.4 Å². The van der Waals surface area contributed by atoms with Crippen molar-refractivity contribution in [3.63, 3.8) is 0 Å². The highest BCUT2D eigenvalue weighted by Gasteiger charge is 2.04. The maximum absolute atomic E-state index is 11.0. The number of ether oxygens (including phenoxy) is 1. The third-order valence-electron chi connectivity index (χ3n) is 1.58. The Morgan fingerprint density at radius 1 is 1.29 bits per heavy atom. The second-order valence-electron chi connectivity index (χ2n) is 2.70. The minimum Gasteiger partial charge on any atom is -0.427 e. The lowest BCUT2D eigenvalue weighted by Gasteiger charge is -2.01. The van der Waals surface area contributed by atoms with Gasteiger partial charge in [-0.3, -0.25) is 9.59 Å². The van der Waals surface area contributed by atoms with Crippen molar-refractivity contribution in [2.45, 2.75) is 6.92 Å². The Balaban J connectivity index is 2.78. The molecule has 0 saturated carbocycles. The van der Waals surface area contributed by atoms with E-state index in [1.165, 1.54) is 31.2 Å². The molecule has 4 nitrogen and oxygen atoms in total. The Hall–Kier alpha value is -1.68. The number of rotatable bonds is 3. The third kappa shape index (κ3) is 2.67. The minimum atomic E-state index is -0.521. The van der Waals surface area contributed by atoms with Crippen LogP contribution in [0.2, 0.25) is 0 Å². The fourth-order valence-electron chi connectivity index (χ4n) is 0.966. The van der Waals surface area contributed by atoms with Crippen LogP contribution in [0, 0.1) is 0 Å². The first-order valence-corrected chi connectivity index (χ1v) is 4.06. The molecule has 0 radical (unpaired) electrons. The summed E-state index contributed by atoms with van der Waals surface area (Å²) in [7, 11) is 0. The predicted molar refractivity (Wildman–Crippen MR) is 49.2 cm³/mol. The molecule has 0 spiro atoms. The highest BCUT2D eigenvalue weighted by atomic mass is 16.5. The van der Waals surface area contributed by atoms with Gasteiger partial charge in [-0.25, -0.2) is 0 Å². The largest absolute Gasteiger partial charge is 0.427 e. The van der Waals surface area contributed by atoms with E-state index in [0.29, 0.717) is 11.3 Å². The summed E-state index contributed by atoms with van der Waals surface area (Å²) < 4.78 is 4.77. The molecule has 0 fully saturated rings. The maximum atomic E-state index is 11.0. The molecular formula is C10H10O4. The number of esters is 1. The first-order valence-electron chi connectivity index (χ1n) is 4.06. The molecule has 0 aliphatic heterocycles. The zero-order valence-corrected chi connectivity index (χ0v) is 7.69. The quantitative estimate of drug-likeness (QED) is 0.439. The van der Waals surface area contributed by atoms with Crippen molar-refractivity contribution in [3.8, 4) is 5.75 Å². The van der Waals surface area contributed by atoms with Gasteiger partial charge in [-0.15, -0.1) is 0 Å². The number of aliphatic hydroxyl groups excluding tert-OH is 1. The van der Waals surface area contributed by atoms with E-state index < -0.39 is 12.6 Å². The summed E-state index contributed by atoms with van der Waals surface area (Å²) in [4.78, 5) is 21.5. The van der Waals surface area contributed by atoms with Gasteiger partial charge in [-0.1, -0.05) is 0 Å². The number of carbonyl (C=O) groups excluding carboxylic acids is 2. The highest BCUT2D eigenvalue weighted by molar-refractivity contribution is 5.97. The molecule has 4 heteroatoms.